The number of benzene rings is 1. The van der Waals surface area contributed by atoms with Gasteiger partial charge >= 0.3 is 0 Å². The molecule has 1 aromatic carbocycles. The summed E-state index contributed by atoms with van der Waals surface area (Å²) in [6.45, 7) is 8.49. The molecule has 1 aliphatic rings. The molecule has 7 nitrogen and oxygen atoms in total. The van der Waals surface area contributed by atoms with E-state index in [9.17, 15) is 4.79 Å². The zero-order valence-electron chi connectivity index (χ0n) is 16.1. The molecular formula is C19H28ClN5O2. The lowest BCUT2D eigenvalue weighted by atomic mass is 10.1. The Balaban J connectivity index is 0.00000261. The number of aromatic nitrogens is 3. The zero-order chi connectivity index (χ0) is 18.5. The van der Waals surface area contributed by atoms with Gasteiger partial charge in [0.2, 0.25) is 0 Å². The van der Waals surface area contributed by atoms with Gasteiger partial charge in [0.1, 0.15) is 5.75 Å². The van der Waals surface area contributed by atoms with E-state index in [1.807, 2.05) is 36.7 Å². The van der Waals surface area contributed by atoms with Gasteiger partial charge < -0.3 is 15.4 Å². The molecule has 2 aromatic rings. The molecule has 1 aromatic heterocycles. The Labute approximate surface area is 166 Å². The van der Waals surface area contributed by atoms with Gasteiger partial charge in [-0.1, -0.05) is 18.2 Å². The third-order valence-corrected chi connectivity index (χ3v) is 4.64. The standard InChI is InChI=1S/C19H27N5O2.ClH/c1-4-11-26-17-12-13(2)5-6-16(17)21-19(25)18-14(3)24(23-22-18)15-7-9-20-10-8-15;/h5-6,12,15,20H,4,7-11H2,1-3H3,(H,21,25);1H. The molecule has 2 heterocycles. The van der Waals surface area contributed by atoms with E-state index in [-0.39, 0.29) is 18.3 Å². The topological polar surface area (TPSA) is 81.1 Å². The normalized spacial score (nSPS) is 14.5. The van der Waals surface area contributed by atoms with Crippen LogP contribution in [0.2, 0.25) is 0 Å². The molecule has 8 heteroatoms. The Morgan fingerprint density at radius 2 is 2.07 bits per heavy atom. The van der Waals surface area contributed by atoms with Gasteiger partial charge in [-0.25, -0.2) is 4.68 Å². The summed E-state index contributed by atoms with van der Waals surface area (Å²) >= 11 is 0. The van der Waals surface area contributed by atoms with E-state index in [4.69, 9.17) is 4.74 Å². The van der Waals surface area contributed by atoms with E-state index in [0.29, 0.717) is 29.8 Å². The summed E-state index contributed by atoms with van der Waals surface area (Å²) in [5, 5.41) is 14.6. The van der Waals surface area contributed by atoms with Crippen LogP contribution in [0.15, 0.2) is 18.2 Å². The number of carbonyl (C=O) groups excluding carboxylic acids is 1. The summed E-state index contributed by atoms with van der Waals surface area (Å²) in [7, 11) is 0. The van der Waals surface area contributed by atoms with E-state index >= 15 is 0 Å². The molecule has 27 heavy (non-hydrogen) atoms. The number of rotatable bonds is 6. The minimum Gasteiger partial charge on any atom is -0.491 e. The Morgan fingerprint density at radius 1 is 1.33 bits per heavy atom. The summed E-state index contributed by atoms with van der Waals surface area (Å²) < 4.78 is 7.66. The van der Waals surface area contributed by atoms with E-state index in [0.717, 1.165) is 43.6 Å². The minimum absolute atomic E-state index is 0. The number of hydrogen-bond donors (Lipinski definition) is 2. The van der Waals surface area contributed by atoms with Crippen LogP contribution in [0.5, 0.6) is 5.75 Å². The van der Waals surface area contributed by atoms with Crippen LogP contribution in [0.3, 0.4) is 0 Å². The highest BCUT2D eigenvalue weighted by atomic mass is 35.5. The van der Waals surface area contributed by atoms with Crippen molar-refractivity contribution in [3.63, 3.8) is 0 Å². The smallest absolute Gasteiger partial charge is 0.278 e. The molecular weight excluding hydrogens is 366 g/mol. The predicted molar refractivity (Wildman–Crippen MR) is 108 cm³/mol. The first-order chi connectivity index (χ1) is 12.6. The van der Waals surface area contributed by atoms with Gasteiger partial charge in [-0.15, -0.1) is 17.5 Å². The maximum Gasteiger partial charge on any atom is 0.278 e. The first kappa shape index (κ1) is 21.2. The summed E-state index contributed by atoms with van der Waals surface area (Å²) in [5.74, 6) is 0.427. The van der Waals surface area contributed by atoms with Crippen molar-refractivity contribution in [1.29, 1.82) is 0 Å². The number of hydrogen-bond acceptors (Lipinski definition) is 5. The second-order valence-corrected chi connectivity index (χ2v) is 6.75. The first-order valence-corrected chi connectivity index (χ1v) is 9.27. The first-order valence-electron chi connectivity index (χ1n) is 9.27. The SMILES string of the molecule is CCCOc1cc(C)ccc1NC(=O)c1nnn(C2CCNCC2)c1C.Cl. The van der Waals surface area contributed by atoms with Gasteiger partial charge in [0.25, 0.3) is 5.91 Å². The van der Waals surface area contributed by atoms with E-state index < -0.39 is 0 Å². The molecule has 0 unspecified atom stereocenters. The van der Waals surface area contributed by atoms with Crippen molar-refractivity contribution in [2.75, 3.05) is 25.0 Å². The molecule has 0 aliphatic carbocycles. The lowest BCUT2D eigenvalue weighted by molar-refractivity contribution is 0.102. The highest BCUT2D eigenvalue weighted by molar-refractivity contribution is 6.04. The van der Waals surface area contributed by atoms with Crippen LogP contribution < -0.4 is 15.4 Å². The van der Waals surface area contributed by atoms with Crippen LogP contribution in [0.25, 0.3) is 0 Å². The minimum atomic E-state index is -0.257. The molecule has 1 aliphatic heterocycles. The number of nitrogens with one attached hydrogen (secondary N) is 2. The average Bonchev–Trinajstić information content (AvgIpc) is 3.04. The van der Waals surface area contributed by atoms with Gasteiger partial charge in [-0.3, -0.25) is 4.79 Å². The van der Waals surface area contributed by atoms with Gasteiger partial charge in [0.15, 0.2) is 5.69 Å². The molecule has 3 rings (SSSR count). The van der Waals surface area contributed by atoms with Crippen LogP contribution in [0, 0.1) is 13.8 Å². The summed E-state index contributed by atoms with van der Waals surface area (Å²) in [5.41, 5.74) is 2.91. The zero-order valence-corrected chi connectivity index (χ0v) is 16.9. The van der Waals surface area contributed by atoms with E-state index in [1.54, 1.807) is 0 Å². The maximum absolute atomic E-state index is 12.7. The van der Waals surface area contributed by atoms with Crippen molar-refractivity contribution in [1.82, 2.24) is 20.3 Å². The fraction of sp³-hybridized carbons (Fsp3) is 0.526. The number of piperidine rings is 1. The quantitative estimate of drug-likeness (QED) is 0.787. The van der Waals surface area contributed by atoms with Crippen LogP contribution in [-0.2, 0) is 0 Å². The van der Waals surface area contributed by atoms with Gasteiger partial charge in [-0.2, -0.15) is 0 Å². The monoisotopic (exact) mass is 393 g/mol. The van der Waals surface area contributed by atoms with Crippen LogP contribution in [0.1, 0.15) is 54.0 Å². The van der Waals surface area contributed by atoms with Crippen molar-refractivity contribution in [3.8, 4) is 5.75 Å². The molecule has 0 atom stereocenters. The Kier molecular flexibility index (Phi) is 7.62. The van der Waals surface area contributed by atoms with Crippen molar-refractivity contribution in [2.45, 2.75) is 46.1 Å². The lowest BCUT2D eigenvalue weighted by Gasteiger charge is -2.23. The fourth-order valence-electron chi connectivity index (χ4n) is 3.19. The summed E-state index contributed by atoms with van der Waals surface area (Å²) in [6.07, 6.45) is 2.90. The number of carbonyl (C=O) groups is 1. The summed E-state index contributed by atoms with van der Waals surface area (Å²) in [4.78, 5) is 12.7. The molecule has 148 valence electrons. The molecule has 0 radical (unpaired) electrons. The van der Waals surface area contributed by atoms with Gasteiger partial charge in [0.05, 0.1) is 24.0 Å². The Bertz CT molecular complexity index is 771. The van der Waals surface area contributed by atoms with Crippen LogP contribution in [0.4, 0.5) is 5.69 Å². The number of aryl methyl sites for hydroxylation is 1. The van der Waals surface area contributed by atoms with Crippen molar-refractivity contribution < 1.29 is 9.53 Å². The van der Waals surface area contributed by atoms with Crippen LogP contribution >= 0.6 is 12.4 Å². The fourth-order valence-corrected chi connectivity index (χ4v) is 3.19. The third kappa shape index (κ3) is 4.99. The Morgan fingerprint density at radius 3 is 2.78 bits per heavy atom. The highest BCUT2D eigenvalue weighted by Gasteiger charge is 2.23. The summed E-state index contributed by atoms with van der Waals surface area (Å²) in [6, 6.07) is 6.05. The highest BCUT2D eigenvalue weighted by Crippen LogP contribution is 2.27. The molecule has 1 amide bonds. The lowest BCUT2D eigenvalue weighted by Crippen LogP contribution is -2.30. The molecule has 0 bridgehead atoms. The third-order valence-electron chi connectivity index (χ3n) is 4.64. The second kappa shape index (κ2) is 9.71. The van der Waals surface area contributed by atoms with Crippen molar-refractivity contribution in [2.24, 2.45) is 0 Å². The van der Waals surface area contributed by atoms with Gasteiger partial charge in [0, 0.05) is 0 Å². The molecule has 0 saturated carbocycles. The van der Waals surface area contributed by atoms with Crippen LogP contribution in [-0.4, -0.2) is 40.6 Å². The molecule has 2 N–H and O–H groups in total. The van der Waals surface area contributed by atoms with Crippen molar-refractivity contribution in [3.05, 3.63) is 35.2 Å². The molecule has 0 spiro atoms. The average molecular weight is 394 g/mol. The van der Waals surface area contributed by atoms with Crippen molar-refractivity contribution >= 4 is 24.0 Å². The number of anilines is 1. The predicted octanol–water partition coefficient (Wildman–Crippen LogP) is 3.28. The second-order valence-electron chi connectivity index (χ2n) is 6.75. The molecule has 1 fully saturated rings. The van der Waals surface area contributed by atoms with E-state index in [1.165, 1.54) is 0 Å². The number of amides is 1. The maximum atomic E-state index is 12.7. The number of halogens is 1. The number of nitrogens with zero attached hydrogens (tertiary/aromatic N) is 3. The number of ether oxygens (including phenoxy) is 1. The molecule has 1 saturated heterocycles. The van der Waals surface area contributed by atoms with E-state index in [2.05, 4.69) is 27.9 Å². The largest absolute Gasteiger partial charge is 0.491 e. The Hall–Kier alpha value is -2.12. The van der Waals surface area contributed by atoms with Gasteiger partial charge in [-0.05, 0) is 63.9 Å².